The summed E-state index contributed by atoms with van der Waals surface area (Å²) in [6, 6.07) is 14.3. The van der Waals surface area contributed by atoms with Crippen molar-refractivity contribution in [1.82, 2.24) is 10.6 Å². The third-order valence-corrected chi connectivity index (χ3v) is 4.09. The molecule has 0 radical (unpaired) electrons. The molecule has 1 amide bonds. The Kier molecular flexibility index (Phi) is 8.37. The normalized spacial score (nSPS) is 15.0. The Morgan fingerprint density at radius 3 is 2.64 bits per heavy atom. The predicted molar refractivity (Wildman–Crippen MR) is 121 cm³/mol. The average molecular weight is 496 g/mol. The first-order valence-electron chi connectivity index (χ1n) is 8.99. The van der Waals surface area contributed by atoms with Gasteiger partial charge in [-0.05, 0) is 42.8 Å². The third kappa shape index (κ3) is 6.29. The number of nitrogens with one attached hydrogen (secondary N) is 3. The SMILES string of the molecule is CCNC(=NCC(=O)Nc1ccc(O)cc1)NCC1Cc2ccccc2O1.I. The zero-order chi connectivity index (χ0) is 19.1. The zero-order valence-electron chi connectivity index (χ0n) is 15.6. The van der Waals surface area contributed by atoms with Crippen LogP contribution in [0.3, 0.4) is 0 Å². The molecule has 3 rings (SSSR count). The largest absolute Gasteiger partial charge is 0.508 e. The summed E-state index contributed by atoms with van der Waals surface area (Å²) >= 11 is 0. The molecule has 0 spiro atoms. The molecular formula is C20H25IN4O3. The van der Waals surface area contributed by atoms with Crippen molar-refractivity contribution < 1.29 is 14.6 Å². The topological polar surface area (TPSA) is 95.0 Å². The van der Waals surface area contributed by atoms with E-state index in [2.05, 4.69) is 27.0 Å². The highest BCUT2D eigenvalue weighted by molar-refractivity contribution is 14.0. The van der Waals surface area contributed by atoms with E-state index in [-0.39, 0.29) is 48.3 Å². The van der Waals surface area contributed by atoms with Crippen LogP contribution in [-0.2, 0) is 11.2 Å². The molecule has 0 aromatic heterocycles. The number of anilines is 1. The molecule has 0 bridgehead atoms. The lowest BCUT2D eigenvalue weighted by Gasteiger charge is -2.15. The molecule has 1 unspecified atom stereocenters. The van der Waals surface area contributed by atoms with E-state index in [0.717, 1.165) is 12.2 Å². The number of hydrogen-bond acceptors (Lipinski definition) is 4. The second-order valence-electron chi connectivity index (χ2n) is 6.22. The van der Waals surface area contributed by atoms with Gasteiger partial charge in [0.2, 0.25) is 5.91 Å². The molecule has 2 aromatic carbocycles. The van der Waals surface area contributed by atoms with Gasteiger partial charge in [0.15, 0.2) is 5.96 Å². The van der Waals surface area contributed by atoms with E-state index in [0.29, 0.717) is 24.7 Å². The number of ether oxygens (including phenoxy) is 1. The number of phenols is 1. The smallest absolute Gasteiger partial charge is 0.246 e. The van der Waals surface area contributed by atoms with Crippen molar-refractivity contribution >= 4 is 41.5 Å². The summed E-state index contributed by atoms with van der Waals surface area (Å²) in [6.45, 7) is 3.24. The van der Waals surface area contributed by atoms with E-state index in [4.69, 9.17) is 4.74 Å². The van der Waals surface area contributed by atoms with Crippen molar-refractivity contribution in [2.45, 2.75) is 19.4 Å². The van der Waals surface area contributed by atoms with Crippen LogP contribution in [-0.4, -0.2) is 42.7 Å². The van der Waals surface area contributed by atoms with Gasteiger partial charge in [0.1, 0.15) is 24.1 Å². The fourth-order valence-electron chi connectivity index (χ4n) is 2.82. The van der Waals surface area contributed by atoms with Crippen LogP contribution in [0.25, 0.3) is 0 Å². The summed E-state index contributed by atoms with van der Waals surface area (Å²) in [7, 11) is 0. The molecule has 1 atom stereocenters. The van der Waals surface area contributed by atoms with Crippen molar-refractivity contribution in [1.29, 1.82) is 0 Å². The van der Waals surface area contributed by atoms with Gasteiger partial charge in [-0.2, -0.15) is 0 Å². The molecule has 2 aromatic rings. The van der Waals surface area contributed by atoms with Gasteiger partial charge in [-0.1, -0.05) is 18.2 Å². The molecule has 8 heteroatoms. The minimum absolute atomic E-state index is 0. The fraction of sp³-hybridized carbons (Fsp3) is 0.300. The first kappa shape index (κ1) is 21.8. The number of guanidine groups is 1. The van der Waals surface area contributed by atoms with Gasteiger partial charge in [0.05, 0.1) is 6.54 Å². The Balaban J connectivity index is 0.00000280. The van der Waals surface area contributed by atoms with Crippen molar-refractivity contribution in [3.05, 3.63) is 54.1 Å². The Morgan fingerprint density at radius 2 is 1.93 bits per heavy atom. The first-order chi connectivity index (χ1) is 13.1. The number of nitrogens with zero attached hydrogens (tertiary/aromatic N) is 1. The highest BCUT2D eigenvalue weighted by Crippen LogP contribution is 2.27. The number of halogens is 1. The Labute approximate surface area is 181 Å². The number of hydrogen-bond donors (Lipinski definition) is 4. The first-order valence-corrected chi connectivity index (χ1v) is 8.99. The van der Waals surface area contributed by atoms with Crippen LogP contribution in [0.15, 0.2) is 53.5 Å². The Bertz CT molecular complexity index is 786. The van der Waals surface area contributed by atoms with Gasteiger partial charge in [-0.15, -0.1) is 24.0 Å². The van der Waals surface area contributed by atoms with Gasteiger partial charge < -0.3 is 25.8 Å². The minimum atomic E-state index is -0.234. The standard InChI is InChI=1S/C20H24N4O3.HI/c1-2-21-20(22-12-17-11-14-5-3-4-6-18(14)27-17)23-13-19(26)24-15-7-9-16(25)10-8-15;/h3-10,17,25H,2,11-13H2,1H3,(H,24,26)(H2,21,22,23);1H. The number of para-hydroxylation sites is 1. The lowest BCUT2D eigenvalue weighted by molar-refractivity contribution is -0.114. The van der Waals surface area contributed by atoms with E-state index in [1.54, 1.807) is 12.1 Å². The summed E-state index contributed by atoms with van der Waals surface area (Å²) < 4.78 is 5.90. The van der Waals surface area contributed by atoms with E-state index in [1.165, 1.54) is 17.7 Å². The summed E-state index contributed by atoms with van der Waals surface area (Å²) in [6.07, 6.45) is 0.890. The van der Waals surface area contributed by atoms with Crippen molar-refractivity contribution in [2.24, 2.45) is 4.99 Å². The molecule has 150 valence electrons. The maximum Gasteiger partial charge on any atom is 0.246 e. The fourth-order valence-corrected chi connectivity index (χ4v) is 2.82. The number of amides is 1. The number of carbonyl (C=O) groups is 1. The molecule has 1 aliphatic rings. The number of carbonyl (C=O) groups excluding carboxylic acids is 1. The molecule has 0 saturated heterocycles. The Morgan fingerprint density at radius 1 is 1.18 bits per heavy atom. The molecule has 1 heterocycles. The van der Waals surface area contributed by atoms with Crippen LogP contribution in [0.2, 0.25) is 0 Å². The summed E-state index contributed by atoms with van der Waals surface area (Å²) in [5.74, 6) is 1.42. The zero-order valence-corrected chi connectivity index (χ0v) is 18.0. The highest BCUT2D eigenvalue weighted by Gasteiger charge is 2.22. The maximum atomic E-state index is 12.1. The van der Waals surface area contributed by atoms with Crippen molar-refractivity contribution in [3.8, 4) is 11.5 Å². The molecule has 4 N–H and O–H groups in total. The molecular weight excluding hydrogens is 471 g/mol. The van der Waals surface area contributed by atoms with E-state index in [1.807, 2.05) is 25.1 Å². The molecule has 1 aliphatic heterocycles. The summed E-state index contributed by atoms with van der Waals surface area (Å²) in [5, 5.41) is 18.4. The van der Waals surface area contributed by atoms with Gasteiger partial charge in [0.25, 0.3) is 0 Å². The van der Waals surface area contributed by atoms with Gasteiger partial charge in [0, 0.05) is 18.7 Å². The minimum Gasteiger partial charge on any atom is -0.508 e. The molecule has 7 nitrogen and oxygen atoms in total. The second-order valence-corrected chi connectivity index (χ2v) is 6.22. The highest BCUT2D eigenvalue weighted by atomic mass is 127. The van der Waals surface area contributed by atoms with Crippen LogP contribution in [0.1, 0.15) is 12.5 Å². The molecule has 0 aliphatic carbocycles. The van der Waals surface area contributed by atoms with Crippen LogP contribution in [0, 0.1) is 0 Å². The third-order valence-electron chi connectivity index (χ3n) is 4.09. The van der Waals surface area contributed by atoms with E-state index < -0.39 is 0 Å². The number of aliphatic imine (C=N–C) groups is 1. The van der Waals surface area contributed by atoms with Gasteiger partial charge >= 0.3 is 0 Å². The van der Waals surface area contributed by atoms with Crippen LogP contribution >= 0.6 is 24.0 Å². The lowest BCUT2D eigenvalue weighted by atomic mass is 10.1. The van der Waals surface area contributed by atoms with Gasteiger partial charge in [-0.25, -0.2) is 4.99 Å². The number of phenolic OH excluding ortho intramolecular Hbond substituents is 1. The Hall–Kier alpha value is -2.49. The second kappa shape index (κ2) is 10.7. The molecule has 0 saturated carbocycles. The van der Waals surface area contributed by atoms with E-state index in [9.17, 15) is 9.90 Å². The van der Waals surface area contributed by atoms with Crippen LogP contribution in [0.5, 0.6) is 11.5 Å². The number of fused-ring (bicyclic) bond motifs is 1. The monoisotopic (exact) mass is 496 g/mol. The average Bonchev–Trinajstić information content (AvgIpc) is 3.09. The van der Waals surface area contributed by atoms with Crippen LogP contribution in [0.4, 0.5) is 5.69 Å². The lowest BCUT2D eigenvalue weighted by Crippen LogP contribution is -2.42. The summed E-state index contributed by atoms with van der Waals surface area (Å²) in [5.41, 5.74) is 1.82. The number of benzene rings is 2. The number of aromatic hydroxyl groups is 1. The van der Waals surface area contributed by atoms with Gasteiger partial charge in [-0.3, -0.25) is 4.79 Å². The quantitative estimate of drug-likeness (QED) is 0.214. The van der Waals surface area contributed by atoms with Crippen molar-refractivity contribution in [2.75, 3.05) is 25.0 Å². The molecule has 0 fully saturated rings. The summed E-state index contributed by atoms with van der Waals surface area (Å²) in [4.78, 5) is 16.4. The number of rotatable bonds is 6. The van der Waals surface area contributed by atoms with Crippen molar-refractivity contribution in [3.63, 3.8) is 0 Å². The van der Waals surface area contributed by atoms with E-state index >= 15 is 0 Å². The maximum absolute atomic E-state index is 12.1. The van der Waals surface area contributed by atoms with Crippen LogP contribution < -0.4 is 20.7 Å². The molecule has 28 heavy (non-hydrogen) atoms. The predicted octanol–water partition coefficient (Wildman–Crippen LogP) is 2.51.